The molecule has 2 amide bonds. The molecule has 2 aromatic carbocycles. The molecule has 1 aliphatic heterocycles. The van der Waals surface area contributed by atoms with Crippen molar-refractivity contribution >= 4 is 17.5 Å². The van der Waals surface area contributed by atoms with Crippen molar-refractivity contribution in [1.82, 2.24) is 4.90 Å². The van der Waals surface area contributed by atoms with Crippen LogP contribution in [0.5, 0.6) is 5.75 Å². The van der Waals surface area contributed by atoms with E-state index in [2.05, 4.69) is 0 Å². The zero-order valence-electron chi connectivity index (χ0n) is 17.3. The number of carbonyl (C=O) groups excluding carboxylic acids is 2. The van der Waals surface area contributed by atoms with Crippen LogP contribution in [0.4, 0.5) is 5.69 Å². The first kappa shape index (κ1) is 19.8. The SMILES string of the molecule is COc1ccc(-c2ccc(C(=O)N3CC(=O)N(c4ccccc4C)[C@@H](C)C3)o2)cc1. The van der Waals surface area contributed by atoms with Crippen LogP contribution in [0.25, 0.3) is 11.3 Å². The van der Waals surface area contributed by atoms with Crippen molar-refractivity contribution in [2.24, 2.45) is 0 Å². The summed E-state index contributed by atoms with van der Waals surface area (Å²) >= 11 is 0. The van der Waals surface area contributed by atoms with E-state index in [1.165, 1.54) is 0 Å². The predicted molar refractivity (Wildman–Crippen MR) is 115 cm³/mol. The third kappa shape index (κ3) is 3.68. The maximum absolute atomic E-state index is 13.0. The number of piperazine rings is 1. The number of aryl methyl sites for hydroxylation is 1. The number of methoxy groups -OCH3 is 1. The van der Waals surface area contributed by atoms with Gasteiger partial charge in [-0.3, -0.25) is 9.59 Å². The van der Waals surface area contributed by atoms with E-state index in [1.807, 2.05) is 62.4 Å². The Morgan fingerprint density at radius 2 is 1.80 bits per heavy atom. The van der Waals surface area contributed by atoms with Crippen molar-refractivity contribution in [3.8, 4) is 17.1 Å². The number of ether oxygens (including phenoxy) is 1. The van der Waals surface area contributed by atoms with Gasteiger partial charge in [0.1, 0.15) is 18.1 Å². The van der Waals surface area contributed by atoms with Gasteiger partial charge in [0.2, 0.25) is 5.91 Å². The Kier molecular flexibility index (Phi) is 5.31. The van der Waals surface area contributed by atoms with Crippen molar-refractivity contribution in [1.29, 1.82) is 0 Å². The van der Waals surface area contributed by atoms with Crippen molar-refractivity contribution in [2.45, 2.75) is 19.9 Å². The molecule has 6 nitrogen and oxygen atoms in total. The van der Waals surface area contributed by atoms with Gasteiger partial charge in [-0.15, -0.1) is 0 Å². The van der Waals surface area contributed by atoms with E-state index in [0.29, 0.717) is 12.3 Å². The lowest BCUT2D eigenvalue weighted by atomic mass is 10.1. The highest BCUT2D eigenvalue weighted by molar-refractivity contribution is 6.01. The van der Waals surface area contributed by atoms with Gasteiger partial charge in [-0.1, -0.05) is 18.2 Å². The summed E-state index contributed by atoms with van der Waals surface area (Å²) in [7, 11) is 1.61. The van der Waals surface area contributed by atoms with Crippen molar-refractivity contribution in [3.05, 3.63) is 72.0 Å². The molecule has 1 aromatic heterocycles. The summed E-state index contributed by atoms with van der Waals surface area (Å²) in [6.07, 6.45) is 0. The van der Waals surface area contributed by atoms with Gasteiger partial charge < -0.3 is 19.0 Å². The number of rotatable bonds is 4. The van der Waals surface area contributed by atoms with Gasteiger partial charge in [-0.2, -0.15) is 0 Å². The fourth-order valence-electron chi connectivity index (χ4n) is 3.83. The predicted octanol–water partition coefficient (Wildman–Crippen LogP) is 4.14. The quantitative estimate of drug-likeness (QED) is 0.656. The van der Waals surface area contributed by atoms with E-state index in [0.717, 1.165) is 22.6 Å². The number of amides is 2. The van der Waals surface area contributed by atoms with Gasteiger partial charge in [-0.25, -0.2) is 0 Å². The molecule has 1 aliphatic rings. The largest absolute Gasteiger partial charge is 0.497 e. The Balaban J connectivity index is 1.50. The van der Waals surface area contributed by atoms with E-state index in [4.69, 9.17) is 9.15 Å². The third-order valence-corrected chi connectivity index (χ3v) is 5.37. The van der Waals surface area contributed by atoms with Crippen LogP contribution in [0, 0.1) is 6.92 Å². The standard InChI is InChI=1S/C24H24N2O4/c1-16-6-4-5-7-20(16)26-17(2)14-25(15-23(26)27)24(28)22-13-12-21(30-22)18-8-10-19(29-3)11-9-18/h4-13,17H,14-15H2,1-3H3/t17-/m0/s1. The molecular weight excluding hydrogens is 380 g/mol. The van der Waals surface area contributed by atoms with E-state index in [1.54, 1.807) is 29.0 Å². The maximum Gasteiger partial charge on any atom is 0.290 e. The highest BCUT2D eigenvalue weighted by atomic mass is 16.5. The monoisotopic (exact) mass is 404 g/mol. The summed E-state index contributed by atoms with van der Waals surface area (Å²) in [5, 5.41) is 0. The minimum Gasteiger partial charge on any atom is -0.497 e. The lowest BCUT2D eigenvalue weighted by Gasteiger charge is -2.39. The number of hydrogen-bond acceptors (Lipinski definition) is 4. The number of nitrogens with zero attached hydrogens (tertiary/aromatic N) is 2. The summed E-state index contributed by atoms with van der Waals surface area (Å²) in [6.45, 7) is 4.40. The molecule has 6 heteroatoms. The summed E-state index contributed by atoms with van der Waals surface area (Å²) in [5.41, 5.74) is 2.78. The molecular formula is C24H24N2O4. The van der Waals surface area contributed by atoms with Crippen LogP contribution in [0.2, 0.25) is 0 Å². The molecule has 30 heavy (non-hydrogen) atoms. The molecule has 0 aliphatic carbocycles. The number of benzene rings is 2. The Morgan fingerprint density at radius 3 is 2.47 bits per heavy atom. The average molecular weight is 404 g/mol. The van der Waals surface area contributed by atoms with Crippen LogP contribution >= 0.6 is 0 Å². The minimum absolute atomic E-state index is 0.0239. The molecule has 0 saturated carbocycles. The smallest absolute Gasteiger partial charge is 0.290 e. The van der Waals surface area contributed by atoms with Gasteiger partial charge in [-0.05, 0) is 61.9 Å². The molecule has 2 heterocycles. The fraction of sp³-hybridized carbons (Fsp3) is 0.250. The molecule has 1 saturated heterocycles. The van der Waals surface area contributed by atoms with E-state index in [9.17, 15) is 9.59 Å². The Hall–Kier alpha value is -3.54. The Labute approximate surface area is 175 Å². The highest BCUT2D eigenvalue weighted by Gasteiger charge is 2.35. The fourth-order valence-corrected chi connectivity index (χ4v) is 3.83. The lowest BCUT2D eigenvalue weighted by molar-refractivity contribution is -0.121. The molecule has 3 aromatic rings. The number of hydrogen-bond donors (Lipinski definition) is 0. The zero-order valence-corrected chi connectivity index (χ0v) is 17.3. The van der Waals surface area contributed by atoms with Gasteiger partial charge in [0.05, 0.1) is 13.2 Å². The van der Waals surface area contributed by atoms with Gasteiger partial charge in [0.15, 0.2) is 5.76 Å². The summed E-state index contributed by atoms with van der Waals surface area (Å²) in [5.74, 6) is 1.20. The van der Waals surface area contributed by atoms with Gasteiger partial charge in [0, 0.05) is 17.8 Å². The van der Waals surface area contributed by atoms with Crippen molar-refractivity contribution < 1.29 is 18.7 Å². The normalized spacial score (nSPS) is 16.6. The second kappa shape index (κ2) is 8.06. The van der Waals surface area contributed by atoms with Crippen LogP contribution in [-0.4, -0.2) is 43.0 Å². The lowest BCUT2D eigenvalue weighted by Crippen LogP contribution is -2.57. The van der Waals surface area contributed by atoms with Crippen LogP contribution in [0.3, 0.4) is 0 Å². The molecule has 154 valence electrons. The number of carbonyl (C=O) groups is 2. The second-order valence-electron chi connectivity index (χ2n) is 7.48. The molecule has 0 unspecified atom stereocenters. The number of para-hydroxylation sites is 1. The molecule has 1 atom stereocenters. The van der Waals surface area contributed by atoms with Gasteiger partial charge in [0.25, 0.3) is 5.91 Å². The topological polar surface area (TPSA) is 63.0 Å². The average Bonchev–Trinajstić information content (AvgIpc) is 3.24. The zero-order chi connectivity index (χ0) is 21.3. The van der Waals surface area contributed by atoms with Gasteiger partial charge >= 0.3 is 0 Å². The van der Waals surface area contributed by atoms with Crippen LogP contribution in [0.15, 0.2) is 65.1 Å². The van der Waals surface area contributed by atoms with Crippen molar-refractivity contribution in [2.75, 3.05) is 25.1 Å². The summed E-state index contributed by atoms with van der Waals surface area (Å²) < 4.78 is 11.0. The first-order valence-electron chi connectivity index (χ1n) is 9.89. The van der Waals surface area contributed by atoms with Crippen LogP contribution in [0.1, 0.15) is 23.0 Å². The van der Waals surface area contributed by atoms with E-state index < -0.39 is 0 Å². The number of furan rings is 1. The number of anilines is 1. The molecule has 0 bridgehead atoms. The highest BCUT2D eigenvalue weighted by Crippen LogP contribution is 2.28. The first-order valence-corrected chi connectivity index (χ1v) is 9.89. The van der Waals surface area contributed by atoms with Crippen LogP contribution in [-0.2, 0) is 4.79 Å². The Morgan fingerprint density at radius 1 is 1.07 bits per heavy atom. The van der Waals surface area contributed by atoms with E-state index in [-0.39, 0.29) is 30.2 Å². The molecule has 0 radical (unpaired) electrons. The summed E-state index contributed by atoms with van der Waals surface area (Å²) in [6, 6.07) is 18.5. The Bertz CT molecular complexity index is 1070. The van der Waals surface area contributed by atoms with Crippen molar-refractivity contribution in [3.63, 3.8) is 0 Å². The van der Waals surface area contributed by atoms with Crippen LogP contribution < -0.4 is 9.64 Å². The summed E-state index contributed by atoms with van der Waals surface area (Å²) in [4.78, 5) is 29.2. The minimum atomic E-state index is -0.278. The second-order valence-corrected chi connectivity index (χ2v) is 7.48. The molecule has 0 N–H and O–H groups in total. The molecule has 0 spiro atoms. The third-order valence-electron chi connectivity index (χ3n) is 5.37. The maximum atomic E-state index is 13.0. The molecule has 4 rings (SSSR count). The van der Waals surface area contributed by atoms with E-state index >= 15 is 0 Å². The molecule has 1 fully saturated rings. The first-order chi connectivity index (χ1) is 14.5.